The van der Waals surface area contributed by atoms with Crippen LogP contribution in [-0.2, 0) is 9.59 Å². The SMILES string of the molecule is O=C(NCC(C(=O)O)c1ccc(F)cc1)c1ccc(N2CCCC2=O)cc1. The van der Waals surface area contributed by atoms with Crippen molar-refractivity contribution in [2.45, 2.75) is 18.8 Å². The lowest BCUT2D eigenvalue weighted by Gasteiger charge is -2.16. The summed E-state index contributed by atoms with van der Waals surface area (Å²) in [5, 5.41) is 12.0. The van der Waals surface area contributed by atoms with Crippen molar-refractivity contribution in [3.63, 3.8) is 0 Å². The molecule has 3 rings (SSSR count). The van der Waals surface area contributed by atoms with Crippen LogP contribution >= 0.6 is 0 Å². The molecule has 140 valence electrons. The largest absolute Gasteiger partial charge is 0.481 e. The van der Waals surface area contributed by atoms with E-state index in [0.717, 1.165) is 12.1 Å². The van der Waals surface area contributed by atoms with Crippen molar-refractivity contribution >= 4 is 23.5 Å². The Balaban J connectivity index is 1.64. The van der Waals surface area contributed by atoms with E-state index in [4.69, 9.17) is 0 Å². The number of carbonyl (C=O) groups is 3. The first-order valence-corrected chi connectivity index (χ1v) is 8.62. The highest BCUT2D eigenvalue weighted by molar-refractivity contribution is 5.97. The number of anilines is 1. The zero-order chi connectivity index (χ0) is 19.4. The average molecular weight is 370 g/mol. The van der Waals surface area contributed by atoms with Gasteiger partial charge in [-0.1, -0.05) is 12.1 Å². The molecule has 1 unspecified atom stereocenters. The van der Waals surface area contributed by atoms with E-state index in [2.05, 4.69) is 5.32 Å². The number of nitrogens with zero attached hydrogens (tertiary/aromatic N) is 1. The van der Waals surface area contributed by atoms with E-state index in [9.17, 15) is 23.9 Å². The van der Waals surface area contributed by atoms with E-state index in [1.807, 2.05) is 0 Å². The Morgan fingerprint density at radius 3 is 2.33 bits per heavy atom. The number of hydrogen-bond donors (Lipinski definition) is 2. The molecule has 1 aliphatic heterocycles. The number of carboxylic acid groups (broad SMARTS) is 1. The van der Waals surface area contributed by atoms with Gasteiger partial charge >= 0.3 is 5.97 Å². The summed E-state index contributed by atoms with van der Waals surface area (Å²) in [6.45, 7) is 0.550. The highest BCUT2D eigenvalue weighted by atomic mass is 19.1. The molecule has 0 saturated carbocycles. The molecule has 2 aromatic carbocycles. The van der Waals surface area contributed by atoms with Crippen LogP contribution in [0.15, 0.2) is 48.5 Å². The van der Waals surface area contributed by atoms with E-state index in [-0.39, 0.29) is 12.5 Å². The third kappa shape index (κ3) is 4.31. The maximum atomic E-state index is 13.0. The lowest BCUT2D eigenvalue weighted by molar-refractivity contribution is -0.138. The minimum absolute atomic E-state index is 0.0656. The van der Waals surface area contributed by atoms with Crippen molar-refractivity contribution in [2.75, 3.05) is 18.0 Å². The highest BCUT2D eigenvalue weighted by Crippen LogP contribution is 2.22. The van der Waals surface area contributed by atoms with Gasteiger partial charge in [0.15, 0.2) is 0 Å². The number of amides is 2. The van der Waals surface area contributed by atoms with Crippen LogP contribution in [0.2, 0.25) is 0 Å². The van der Waals surface area contributed by atoms with Gasteiger partial charge in [0, 0.05) is 30.8 Å². The number of nitrogens with one attached hydrogen (secondary N) is 1. The number of carbonyl (C=O) groups excluding carboxylic acids is 2. The van der Waals surface area contributed by atoms with Gasteiger partial charge in [-0.3, -0.25) is 14.4 Å². The summed E-state index contributed by atoms with van der Waals surface area (Å²) < 4.78 is 13.0. The summed E-state index contributed by atoms with van der Waals surface area (Å²) >= 11 is 0. The Kier molecular flexibility index (Phi) is 5.49. The fourth-order valence-corrected chi connectivity index (χ4v) is 3.05. The number of carboxylic acids is 1. The number of rotatable bonds is 6. The van der Waals surface area contributed by atoms with E-state index >= 15 is 0 Å². The summed E-state index contributed by atoms with van der Waals surface area (Å²) in [6.07, 6.45) is 1.35. The number of hydrogen-bond acceptors (Lipinski definition) is 3. The van der Waals surface area contributed by atoms with Crippen LogP contribution in [0.3, 0.4) is 0 Å². The fraction of sp³-hybridized carbons (Fsp3) is 0.250. The quantitative estimate of drug-likeness (QED) is 0.818. The molecule has 0 aliphatic carbocycles. The molecule has 0 radical (unpaired) electrons. The summed E-state index contributed by atoms with van der Waals surface area (Å²) in [7, 11) is 0. The minimum Gasteiger partial charge on any atom is -0.481 e. The van der Waals surface area contributed by atoms with Crippen LogP contribution < -0.4 is 10.2 Å². The Morgan fingerprint density at radius 1 is 1.11 bits per heavy atom. The Morgan fingerprint density at radius 2 is 1.78 bits per heavy atom. The first kappa shape index (κ1) is 18.6. The second-order valence-electron chi connectivity index (χ2n) is 6.35. The third-order valence-corrected chi connectivity index (χ3v) is 4.55. The molecule has 0 bridgehead atoms. The molecule has 7 heteroatoms. The molecule has 0 aromatic heterocycles. The molecule has 2 aromatic rings. The topological polar surface area (TPSA) is 86.7 Å². The molecule has 1 fully saturated rings. The molecule has 27 heavy (non-hydrogen) atoms. The van der Waals surface area contributed by atoms with Gasteiger partial charge in [-0.25, -0.2) is 4.39 Å². The zero-order valence-electron chi connectivity index (χ0n) is 14.5. The standard InChI is InChI=1S/C20H19FN2O4/c21-15-7-3-13(4-8-15)17(20(26)27)12-22-19(25)14-5-9-16(10-6-14)23-11-1-2-18(23)24/h3-10,17H,1-2,11-12H2,(H,22,25)(H,26,27). The van der Waals surface area contributed by atoms with E-state index in [1.165, 1.54) is 24.3 Å². The molecule has 2 N–H and O–H groups in total. The maximum absolute atomic E-state index is 13.0. The summed E-state index contributed by atoms with van der Waals surface area (Å²) in [5.41, 5.74) is 1.52. The van der Waals surface area contributed by atoms with Crippen molar-refractivity contribution in [1.29, 1.82) is 0 Å². The number of benzene rings is 2. The maximum Gasteiger partial charge on any atom is 0.312 e. The molecule has 0 spiro atoms. The molecular formula is C20H19FN2O4. The van der Waals surface area contributed by atoms with Crippen molar-refractivity contribution in [3.05, 3.63) is 65.5 Å². The molecule has 1 atom stereocenters. The fourth-order valence-electron chi connectivity index (χ4n) is 3.05. The van der Waals surface area contributed by atoms with Crippen molar-refractivity contribution in [1.82, 2.24) is 5.32 Å². The van der Waals surface area contributed by atoms with Crippen molar-refractivity contribution in [2.24, 2.45) is 0 Å². The van der Waals surface area contributed by atoms with Gasteiger partial charge in [0.05, 0.1) is 5.92 Å². The molecule has 2 amide bonds. The Bertz CT molecular complexity index is 849. The van der Waals surface area contributed by atoms with Gasteiger partial charge in [0.2, 0.25) is 5.91 Å². The van der Waals surface area contributed by atoms with Crippen LogP contribution in [0.1, 0.15) is 34.7 Å². The van der Waals surface area contributed by atoms with Gasteiger partial charge in [-0.05, 0) is 48.4 Å². The Labute approximate surface area is 155 Å². The molecule has 6 nitrogen and oxygen atoms in total. The zero-order valence-corrected chi connectivity index (χ0v) is 14.5. The first-order valence-electron chi connectivity index (χ1n) is 8.62. The van der Waals surface area contributed by atoms with Crippen LogP contribution in [0, 0.1) is 5.82 Å². The molecule has 1 saturated heterocycles. The minimum atomic E-state index is -1.11. The average Bonchev–Trinajstić information content (AvgIpc) is 3.09. The number of halogens is 1. The van der Waals surface area contributed by atoms with E-state index in [1.54, 1.807) is 29.2 Å². The second kappa shape index (κ2) is 7.99. The van der Waals surface area contributed by atoms with Crippen molar-refractivity contribution < 1.29 is 23.9 Å². The second-order valence-corrected chi connectivity index (χ2v) is 6.35. The van der Waals surface area contributed by atoms with Crippen LogP contribution in [0.25, 0.3) is 0 Å². The van der Waals surface area contributed by atoms with Crippen molar-refractivity contribution in [3.8, 4) is 0 Å². The summed E-state index contributed by atoms with van der Waals surface area (Å²) in [5.74, 6) is -2.89. The van der Waals surface area contributed by atoms with Crippen LogP contribution in [0.4, 0.5) is 10.1 Å². The number of aliphatic carboxylic acids is 1. The lowest BCUT2D eigenvalue weighted by Crippen LogP contribution is -2.31. The van der Waals surface area contributed by atoms with Gasteiger partial charge < -0.3 is 15.3 Å². The summed E-state index contributed by atoms with van der Waals surface area (Å²) in [6, 6.07) is 11.8. The molecular weight excluding hydrogens is 351 g/mol. The summed E-state index contributed by atoms with van der Waals surface area (Å²) in [4.78, 5) is 37.2. The highest BCUT2D eigenvalue weighted by Gasteiger charge is 2.23. The predicted molar refractivity (Wildman–Crippen MR) is 97.1 cm³/mol. The monoisotopic (exact) mass is 370 g/mol. The predicted octanol–water partition coefficient (Wildman–Crippen LogP) is 2.55. The van der Waals surface area contributed by atoms with Crippen LogP contribution in [-0.4, -0.2) is 36.0 Å². The van der Waals surface area contributed by atoms with Gasteiger partial charge in [-0.2, -0.15) is 0 Å². The third-order valence-electron chi connectivity index (χ3n) is 4.55. The normalized spacial score (nSPS) is 14.9. The molecule has 1 heterocycles. The Hall–Kier alpha value is -3.22. The van der Waals surface area contributed by atoms with Gasteiger partial charge in [-0.15, -0.1) is 0 Å². The van der Waals surface area contributed by atoms with Gasteiger partial charge in [0.1, 0.15) is 5.82 Å². The first-order chi connectivity index (χ1) is 13.0. The molecule has 1 aliphatic rings. The van der Waals surface area contributed by atoms with Crippen LogP contribution in [0.5, 0.6) is 0 Å². The lowest BCUT2D eigenvalue weighted by atomic mass is 9.99. The van der Waals surface area contributed by atoms with E-state index in [0.29, 0.717) is 24.1 Å². The van der Waals surface area contributed by atoms with E-state index < -0.39 is 23.6 Å². The smallest absolute Gasteiger partial charge is 0.312 e. The van der Waals surface area contributed by atoms with Gasteiger partial charge in [0.25, 0.3) is 5.91 Å².